The van der Waals surface area contributed by atoms with E-state index in [0.29, 0.717) is 5.82 Å². The predicted molar refractivity (Wildman–Crippen MR) is 61.0 cm³/mol. The molecule has 1 saturated heterocycles. The number of aromatic nitrogens is 1. The molecular formula is C9H15ClN4. The molecule has 1 aliphatic heterocycles. The molecule has 0 bridgehead atoms. The van der Waals surface area contributed by atoms with E-state index < -0.39 is 0 Å². The molecule has 1 aliphatic rings. The summed E-state index contributed by atoms with van der Waals surface area (Å²) in [7, 11) is 0. The monoisotopic (exact) mass is 214 g/mol. The Labute approximate surface area is 89.9 Å². The molecule has 3 N–H and O–H groups in total. The van der Waals surface area contributed by atoms with E-state index in [4.69, 9.17) is 5.73 Å². The maximum absolute atomic E-state index is 5.61. The minimum absolute atomic E-state index is 0. The van der Waals surface area contributed by atoms with E-state index in [9.17, 15) is 0 Å². The van der Waals surface area contributed by atoms with Crippen LogP contribution in [-0.4, -0.2) is 31.2 Å². The molecule has 14 heavy (non-hydrogen) atoms. The highest BCUT2D eigenvalue weighted by atomic mass is 35.5. The van der Waals surface area contributed by atoms with E-state index in [-0.39, 0.29) is 12.4 Å². The van der Waals surface area contributed by atoms with Crippen molar-refractivity contribution in [3.63, 3.8) is 0 Å². The van der Waals surface area contributed by atoms with Crippen molar-refractivity contribution in [1.82, 2.24) is 10.3 Å². The zero-order chi connectivity index (χ0) is 9.10. The standard InChI is InChI=1S/C9H14N4.ClH/c10-8-2-1-3-9(12-8)13-6-4-11-5-7-13;/h1-3,11H,4-7H2,(H2,10,12);1H. The molecule has 1 fully saturated rings. The zero-order valence-electron chi connectivity index (χ0n) is 7.94. The van der Waals surface area contributed by atoms with Crippen LogP contribution in [0.4, 0.5) is 11.6 Å². The number of hydrogen-bond donors (Lipinski definition) is 2. The maximum atomic E-state index is 5.61. The molecule has 5 heteroatoms. The van der Waals surface area contributed by atoms with Crippen LogP contribution < -0.4 is 16.0 Å². The molecular weight excluding hydrogens is 200 g/mol. The summed E-state index contributed by atoms with van der Waals surface area (Å²) in [5.74, 6) is 1.58. The highest BCUT2D eigenvalue weighted by Crippen LogP contribution is 2.12. The fourth-order valence-electron chi connectivity index (χ4n) is 1.51. The van der Waals surface area contributed by atoms with Gasteiger partial charge in [0, 0.05) is 26.2 Å². The van der Waals surface area contributed by atoms with Gasteiger partial charge in [-0.05, 0) is 12.1 Å². The SMILES string of the molecule is Cl.Nc1cccc(N2CCNCC2)n1. The Bertz CT molecular complexity index is 286. The topological polar surface area (TPSA) is 54.2 Å². The first-order valence-corrected chi connectivity index (χ1v) is 4.54. The van der Waals surface area contributed by atoms with E-state index >= 15 is 0 Å². The molecule has 1 aromatic rings. The first-order chi connectivity index (χ1) is 6.36. The summed E-state index contributed by atoms with van der Waals surface area (Å²) < 4.78 is 0. The van der Waals surface area contributed by atoms with E-state index in [2.05, 4.69) is 15.2 Å². The van der Waals surface area contributed by atoms with E-state index in [1.807, 2.05) is 18.2 Å². The van der Waals surface area contributed by atoms with E-state index in [0.717, 1.165) is 32.0 Å². The van der Waals surface area contributed by atoms with Crippen molar-refractivity contribution < 1.29 is 0 Å². The van der Waals surface area contributed by atoms with Crippen LogP contribution in [0, 0.1) is 0 Å². The molecule has 78 valence electrons. The number of anilines is 2. The van der Waals surface area contributed by atoms with Crippen LogP contribution in [0.15, 0.2) is 18.2 Å². The number of halogens is 1. The molecule has 2 rings (SSSR count). The van der Waals surface area contributed by atoms with Crippen LogP contribution in [0.5, 0.6) is 0 Å². The van der Waals surface area contributed by atoms with Crippen LogP contribution in [-0.2, 0) is 0 Å². The van der Waals surface area contributed by atoms with Crippen molar-refractivity contribution in [2.24, 2.45) is 0 Å². The van der Waals surface area contributed by atoms with Crippen molar-refractivity contribution in [1.29, 1.82) is 0 Å². The smallest absolute Gasteiger partial charge is 0.131 e. The Balaban J connectivity index is 0.000000980. The summed E-state index contributed by atoms with van der Waals surface area (Å²) in [5.41, 5.74) is 5.61. The second-order valence-corrected chi connectivity index (χ2v) is 3.16. The Morgan fingerprint density at radius 3 is 2.64 bits per heavy atom. The summed E-state index contributed by atoms with van der Waals surface area (Å²) in [6.45, 7) is 4.07. The Morgan fingerprint density at radius 2 is 2.00 bits per heavy atom. The van der Waals surface area contributed by atoms with Gasteiger partial charge in [-0.15, -0.1) is 12.4 Å². The number of nitrogens with two attached hydrogens (primary N) is 1. The fraction of sp³-hybridized carbons (Fsp3) is 0.444. The average molecular weight is 215 g/mol. The molecule has 0 unspecified atom stereocenters. The van der Waals surface area contributed by atoms with Crippen molar-refractivity contribution in [3.05, 3.63) is 18.2 Å². The average Bonchev–Trinajstić information content (AvgIpc) is 2.19. The lowest BCUT2D eigenvalue weighted by molar-refractivity contribution is 0.585. The minimum atomic E-state index is 0. The summed E-state index contributed by atoms with van der Waals surface area (Å²) in [6, 6.07) is 5.76. The van der Waals surface area contributed by atoms with Crippen LogP contribution in [0.1, 0.15) is 0 Å². The molecule has 0 radical (unpaired) electrons. The van der Waals surface area contributed by atoms with Gasteiger partial charge >= 0.3 is 0 Å². The normalized spacial score (nSPS) is 16.1. The molecule has 4 nitrogen and oxygen atoms in total. The lowest BCUT2D eigenvalue weighted by Crippen LogP contribution is -2.43. The van der Waals surface area contributed by atoms with Gasteiger partial charge < -0.3 is 16.0 Å². The quantitative estimate of drug-likeness (QED) is 0.715. The number of nitrogens with zero attached hydrogens (tertiary/aromatic N) is 2. The van der Waals surface area contributed by atoms with Crippen molar-refractivity contribution in [2.45, 2.75) is 0 Å². The van der Waals surface area contributed by atoms with Crippen LogP contribution in [0.2, 0.25) is 0 Å². The lowest BCUT2D eigenvalue weighted by atomic mass is 10.3. The predicted octanol–water partition coefficient (Wildman–Crippen LogP) is 0.495. The number of rotatable bonds is 1. The second-order valence-electron chi connectivity index (χ2n) is 3.16. The Kier molecular flexibility index (Phi) is 3.98. The highest BCUT2D eigenvalue weighted by molar-refractivity contribution is 5.85. The molecule has 0 aromatic carbocycles. The van der Waals surface area contributed by atoms with Gasteiger partial charge in [0.15, 0.2) is 0 Å². The molecule has 0 atom stereocenters. The number of piperazine rings is 1. The summed E-state index contributed by atoms with van der Waals surface area (Å²) in [5, 5.41) is 3.30. The van der Waals surface area contributed by atoms with Gasteiger partial charge in [0.1, 0.15) is 11.6 Å². The van der Waals surface area contributed by atoms with Gasteiger partial charge in [0.2, 0.25) is 0 Å². The Morgan fingerprint density at radius 1 is 1.29 bits per heavy atom. The maximum Gasteiger partial charge on any atom is 0.131 e. The van der Waals surface area contributed by atoms with Crippen molar-refractivity contribution in [3.8, 4) is 0 Å². The van der Waals surface area contributed by atoms with E-state index in [1.165, 1.54) is 0 Å². The minimum Gasteiger partial charge on any atom is -0.384 e. The molecule has 0 saturated carbocycles. The number of hydrogen-bond acceptors (Lipinski definition) is 4. The largest absolute Gasteiger partial charge is 0.384 e. The van der Waals surface area contributed by atoms with Gasteiger partial charge in [-0.1, -0.05) is 6.07 Å². The first-order valence-electron chi connectivity index (χ1n) is 4.54. The van der Waals surface area contributed by atoms with Crippen molar-refractivity contribution in [2.75, 3.05) is 36.8 Å². The second kappa shape index (κ2) is 5.02. The number of pyridine rings is 1. The zero-order valence-corrected chi connectivity index (χ0v) is 8.76. The first kappa shape index (κ1) is 11.1. The fourth-order valence-corrected chi connectivity index (χ4v) is 1.51. The van der Waals surface area contributed by atoms with E-state index in [1.54, 1.807) is 0 Å². The molecule has 1 aromatic heterocycles. The third-order valence-electron chi connectivity index (χ3n) is 2.20. The Hall–Kier alpha value is -1.00. The number of nitrogen functional groups attached to an aromatic ring is 1. The summed E-state index contributed by atoms with van der Waals surface area (Å²) in [6.07, 6.45) is 0. The van der Waals surface area contributed by atoms with Gasteiger partial charge in [-0.25, -0.2) is 4.98 Å². The van der Waals surface area contributed by atoms with Gasteiger partial charge in [0.05, 0.1) is 0 Å². The van der Waals surface area contributed by atoms with Crippen LogP contribution in [0.3, 0.4) is 0 Å². The van der Waals surface area contributed by atoms with Crippen molar-refractivity contribution >= 4 is 24.0 Å². The highest BCUT2D eigenvalue weighted by Gasteiger charge is 2.10. The summed E-state index contributed by atoms with van der Waals surface area (Å²) >= 11 is 0. The third-order valence-corrected chi connectivity index (χ3v) is 2.20. The molecule has 0 spiro atoms. The van der Waals surface area contributed by atoms with Crippen LogP contribution >= 0.6 is 12.4 Å². The van der Waals surface area contributed by atoms with Gasteiger partial charge in [-0.3, -0.25) is 0 Å². The van der Waals surface area contributed by atoms with Gasteiger partial charge in [0.25, 0.3) is 0 Å². The summed E-state index contributed by atoms with van der Waals surface area (Å²) in [4.78, 5) is 6.52. The molecule has 0 aliphatic carbocycles. The molecule has 2 heterocycles. The van der Waals surface area contributed by atoms with Crippen LogP contribution in [0.25, 0.3) is 0 Å². The molecule has 0 amide bonds. The third kappa shape index (κ3) is 2.49. The van der Waals surface area contributed by atoms with Gasteiger partial charge in [-0.2, -0.15) is 0 Å². The lowest BCUT2D eigenvalue weighted by Gasteiger charge is -2.28. The number of nitrogens with one attached hydrogen (secondary N) is 1.